The molecule has 0 radical (unpaired) electrons. The van der Waals surface area contributed by atoms with Crippen LogP contribution >= 0.6 is 0 Å². The molecular formula is C23H32N4O3. The maximum absolute atomic E-state index is 13.1. The largest absolute Gasteiger partial charge is 0.322 e. The Labute approximate surface area is 178 Å². The summed E-state index contributed by atoms with van der Waals surface area (Å²) in [6, 6.07) is 5.92. The molecular weight excluding hydrogens is 380 g/mol. The molecule has 2 fully saturated rings. The lowest BCUT2D eigenvalue weighted by atomic mass is 9.99. The van der Waals surface area contributed by atoms with Crippen molar-refractivity contribution in [3.63, 3.8) is 0 Å². The first kappa shape index (κ1) is 21.0. The highest BCUT2D eigenvalue weighted by Gasteiger charge is 2.40. The van der Waals surface area contributed by atoms with Gasteiger partial charge in [-0.1, -0.05) is 26.0 Å². The molecule has 1 aromatic rings. The summed E-state index contributed by atoms with van der Waals surface area (Å²) in [5.74, 6) is -0.144. The van der Waals surface area contributed by atoms with Gasteiger partial charge in [-0.25, -0.2) is 0 Å². The SMILES string of the molecule is CC(C)CN(Cc1cccc2c1CN(C1CCC(=O)NC1=O)C2=O)C1CCNCC1. The molecule has 0 saturated carbocycles. The number of rotatable bonds is 6. The van der Waals surface area contributed by atoms with E-state index in [1.165, 1.54) is 5.56 Å². The van der Waals surface area contributed by atoms with Crippen molar-refractivity contribution in [3.8, 4) is 0 Å². The highest BCUT2D eigenvalue weighted by Crippen LogP contribution is 2.31. The molecule has 0 aromatic heterocycles. The summed E-state index contributed by atoms with van der Waals surface area (Å²) in [7, 11) is 0. The summed E-state index contributed by atoms with van der Waals surface area (Å²) in [5, 5.41) is 5.82. The van der Waals surface area contributed by atoms with E-state index in [1.54, 1.807) is 4.90 Å². The van der Waals surface area contributed by atoms with Gasteiger partial charge >= 0.3 is 0 Å². The van der Waals surface area contributed by atoms with E-state index < -0.39 is 6.04 Å². The Morgan fingerprint density at radius 1 is 1.13 bits per heavy atom. The van der Waals surface area contributed by atoms with Gasteiger partial charge in [-0.05, 0) is 55.5 Å². The third kappa shape index (κ3) is 4.27. The van der Waals surface area contributed by atoms with Crippen molar-refractivity contribution < 1.29 is 14.4 Å². The van der Waals surface area contributed by atoms with Gasteiger partial charge in [-0.2, -0.15) is 0 Å². The molecule has 7 nitrogen and oxygen atoms in total. The fourth-order valence-corrected chi connectivity index (χ4v) is 5.00. The third-order valence-electron chi connectivity index (χ3n) is 6.48. The van der Waals surface area contributed by atoms with Crippen LogP contribution in [0.15, 0.2) is 18.2 Å². The number of hydrogen-bond acceptors (Lipinski definition) is 5. The van der Waals surface area contributed by atoms with E-state index in [1.807, 2.05) is 12.1 Å². The van der Waals surface area contributed by atoms with E-state index in [4.69, 9.17) is 0 Å². The zero-order valence-corrected chi connectivity index (χ0v) is 17.9. The van der Waals surface area contributed by atoms with Crippen molar-refractivity contribution in [2.24, 2.45) is 5.92 Å². The van der Waals surface area contributed by atoms with Crippen LogP contribution in [0.1, 0.15) is 61.0 Å². The Kier molecular flexibility index (Phi) is 6.20. The van der Waals surface area contributed by atoms with Crippen molar-refractivity contribution in [1.29, 1.82) is 0 Å². The fourth-order valence-electron chi connectivity index (χ4n) is 5.00. The predicted molar refractivity (Wildman–Crippen MR) is 114 cm³/mol. The average Bonchev–Trinajstić information content (AvgIpc) is 3.05. The molecule has 7 heteroatoms. The zero-order chi connectivity index (χ0) is 21.3. The lowest BCUT2D eigenvalue weighted by Crippen LogP contribution is -2.52. The van der Waals surface area contributed by atoms with Crippen LogP contribution < -0.4 is 10.6 Å². The number of benzene rings is 1. The Bertz CT molecular complexity index is 832. The Balaban J connectivity index is 1.55. The number of piperidine rings is 2. The van der Waals surface area contributed by atoms with Gasteiger partial charge in [0.05, 0.1) is 0 Å². The first-order valence-electron chi connectivity index (χ1n) is 11.1. The summed E-state index contributed by atoms with van der Waals surface area (Å²) in [5.41, 5.74) is 2.91. The quantitative estimate of drug-likeness (QED) is 0.695. The molecule has 0 bridgehead atoms. The molecule has 0 aliphatic carbocycles. The molecule has 3 amide bonds. The summed E-state index contributed by atoms with van der Waals surface area (Å²) in [6.07, 6.45) is 2.96. The second kappa shape index (κ2) is 8.86. The standard InChI is InChI=1S/C23H32N4O3/c1-15(2)12-26(17-8-10-24-11-9-17)13-16-4-3-5-18-19(16)14-27(23(18)30)20-6-7-21(28)25-22(20)29/h3-5,15,17,20,24H,6-14H2,1-2H3,(H,25,28,29). The molecule has 2 N–H and O–H groups in total. The van der Waals surface area contributed by atoms with Gasteiger partial charge in [0.15, 0.2) is 0 Å². The van der Waals surface area contributed by atoms with Crippen molar-refractivity contribution in [3.05, 3.63) is 34.9 Å². The number of fused-ring (bicyclic) bond motifs is 1. The molecule has 30 heavy (non-hydrogen) atoms. The molecule has 1 atom stereocenters. The summed E-state index contributed by atoms with van der Waals surface area (Å²) < 4.78 is 0. The summed E-state index contributed by atoms with van der Waals surface area (Å²) in [6.45, 7) is 8.89. The first-order valence-corrected chi connectivity index (χ1v) is 11.1. The van der Waals surface area contributed by atoms with Crippen LogP contribution in [0.4, 0.5) is 0 Å². The van der Waals surface area contributed by atoms with E-state index >= 15 is 0 Å². The van der Waals surface area contributed by atoms with E-state index in [-0.39, 0.29) is 24.1 Å². The van der Waals surface area contributed by atoms with Gasteiger partial charge in [-0.15, -0.1) is 0 Å². The van der Waals surface area contributed by atoms with Crippen molar-refractivity contribution >= 4 is 17.7 Å². The molecule has 162 valence electrons. The molecule has 3 aliphatic rings. The summed E-state index contributed by atoms with van der Waals surface area (Å²) in [4.78, 5) is 41.1. The molecule has 1 aromatic carbocycles. The first-order chi connectivity index (χ1) is 14.4. The van der Waals surface area contributed by atoms with E-state index in [0.29, 0.717) is 30.5 Å². The number of carbonyl (C=O) groups excluding carboxylic acids is 3. The molecule has 3 aliphatic heterocycles. The lowest BCUT2D eigenvalue weighted by Gasteiger charge is -2.36. The maximum Gasteiger partial charge on any atom is 0.255 e. The second-order valence-corrected chi connectivity index (χ2v) is 9.15. The van der Waals surface area contributed by atoms with E-state index in [0.717, 1.165) is 44.6 Å². The summed E-state index contributed by atoms with van der Waals surface area (Å²) >= 11 is 0. The lowest BCUT2D eigenvalue weighted by molar-refractivity contribution is -0.136. The number of amides is 3. The number of nitrogens with zero attached hydrogens (tertiary/aromatic N) is 2. The van der Waals surface area contributed by atoms with Crippen LogP contribution in [-0.2, 0) is 22.7 Å². The van der Waals surface area contributed by atoms with Crippen LogP contribution in [0.25, 0.3) is 0 Å². The molecule has 0 spiro atoms. The molecule has 4 rings (SSSR count). The van der Waals surface area contributed by atoms with Crippen LogP contribution in [0.2, 0.25) is 0 Å². The average molecular weight is 413 g/mol. The third-order valence-corrected chi connectivity index (χ3v) is 6.48. The van der Waals surface area contributed by atoms with Gasteiger partial charge in [0, 0.05) is 37.7 Å². The minimum absolute atomic E-state index is 0.0985. The van der Waals surface area contributed by atoms with Gasteiger partial charge < -0.3 is 10.2 Å². The normalized spacial score (nSPS) is 22.7. The second-order valence-electron chi connectivity index (χ2n) is 9.15. The smallest absolute Gasteiger partial charge is 0.255 e. The number of nitrogens with one attached hydrogen (secondary N) is 2. The number of carbonyl (C=O) groups is 3. The zero-order valence-electron chi connectivity index (χ0n) is 17.9. The highest BCUT2D eigenvalue weighted by atomic mass is 16.2. The Hall–Kier alpha value is -2.25. The molecule has 1 unspecified atom stereocenters. The number of hydrogen-bond donors (Lipinski definition) is 2. The van der Waals surface area contributed by atoms with E-state index in [2.05, 4.69) is 35.4 Å². The van der Waals surface area contributed by atoms with Crippen molar-refractivity contribution in [1.82, 2.24) is 20.4 Å². The van der Waals surface area contributed by atoms with Crippen LogP contribution in [-0.4, -0.2) is 59.2 Å². The Morgan fingerprint density at radius 3 is 2.60 bits per heavy atom. The number of imide groups is 1. The van der Waals surface area contributed by atoms with Gasteiger partial charge in [0.2, 0.25) is 11.8 Å². The Morgan fingerprint density at radius 2 is 1.90 bits per heavy atom. The highest BCUT2D eigenvalue weighted by molar-refractivity contribution is 6.05. The van der Waals surface area contributed by atoms with Gasteiger partial charge in [0.25, 0.3) is 5.91 Å². The fraction of sp³-hybridized carbons (Fsp3) is 0.609. The van der Waals surface area contributed by atoms with Crippen LogP contribution in [0, 0.1) is 5.92 Å². The van der Waals surface area contributed by atoms with E-state index in [9.17, 15) is 14.4 Å². The minimum atomic E-state index is -0.563. The minimum Gasteiger partial charge on any atom is -0.322 e. The topological polar surface area (TPSA) is 81.8 Å². The monoisotopic (exact) mass is 412 g/mol. The van der Waals surface area contributed by atoms with Gasteiger partial charge in [-0.3, -0.25) is 24.6 Å². The molecule has 3 heterocycles. The maximum atomic E-state index is 13.1. The molecule has 2 saturated heterocycles. The van der Waals surface area contributed by atoms with Crippen LogP contribution in [0.3, 0.4) is 0 Å². The predicted octanol–water partition coefficient (Wildman–Crippen LogP) is 1.66. The van der Waals surface area contributed by atoms with Crippen molar-refractivity contribution in [2.45, 2.75) is 64.7 Å². The van der Waals surface area contributed by atoms with Crippen molar-refractivity contribution in [2.75, 3.05) is 19.6 Å². The van der Waals surface area contributed by atoms with Gasteiger partial charge in [0.1, 0.15) is 6.04 Å². The van der Waals surface area contributed by atoms with Crippen LogP contribution in [0.5, 0.6) is 0 Å².